The smallest absolute Gasteiger partial charge is 0.423 e. The molecule has 26 aromatic rings. The number of rotatable bonds is 16. The second kappa shape index (κ2) is 42.9. The Bertz CT molecular complexity index is 8690. The van der Waals surface area contributed by atoms with Gasteiger partial charge in [0, 0.05) is 119 Å². The number of hydrogen-bond donors (Lipinski definition) is 3. The number of aromatic nitrogens is 3. The van der Waals surface area contributed by atoms with Crippen LogP contribution >= 0.6 is 66.7 Å². The predicted molar refractivity (Wildman–Crippen MR) is 629 cm³/mol. The summed E-state index contributed by atoms with van der Waals surface area (Å²) in [4.78, 5) is 4.61. The first-order valence-corrected chi connectivity index (χ1v) is 51.0. The molecule has 3 N–H and O–H groups in total. The molecule has 8 nitrogen and oxygen atoms in total. The van der Waals surface area contributed by atoms with Crippen LogP contribution in [0.3, 0.4) is 0 Å². The van der Waals surface area contributed by atoms with Crippen molar-refractivity contribution in [2.75, 3.05) is 15.1 Å². The molecule has 23 aromatic carbocycles. The number of benzene rings is 23. The van der Waals surface area contributed by atoms with Crippen molar-refractivity contribution < 1.29 is 10.0 Å². The molecular weight excluding hydrogens is 1980 g/mol. The van der Waals surface area contributed by atoms with Crippen LogP contribution in [0.15, 0.2) is 549 Å². The highest BCUT2D eigenvalue weighted by atomic mass is 79.9. The van der Waals surface area contributed by atoms with Gasteiger partial charge in [-0.2, -0.15) is 0 Å². The molecule has 0 aliphatic rings. The van der Waals surface area contributed by atoms with Gasteiger partial charge in [0.25, 0.3) is 0 Å². The Balaban J connectivity index is 0.000000120. The number of anilines is 8. The lowest BCUT2D eigenvalue weighted by Crippen LogP contribution is -2.29. The minimum absolute atomic E-state index is 0.449. The highest BCUT2D eigenvalue weighted by Crippen LogP contribution is 2.45. The van der Waals surface area contributed by atoms with Gasteiger partial charge in [0.2, 0.25) is 0 Å². The average molecular weight is 2070 g/mol. The number of para-hydroxylation sites is 6. The first-order chi connectivity index (χ1) is 71.7. The maximum absolute atomic E-state index is 8.63. The average Bonchev–Trinajstić information content (AvgIpc) is 1.59. The van der Waals surface area contributed by atoms with E-state index in [4.69, 9.17) is 44.9 Å². The second-order valence-corrected chi connectivity index (χ2v) is 38.9. The quantitative estimate of drug-likeness (QED) is 0.0841. The summed E-state index contributed by atoms with van der Waals surface area (Å²) in [6.45, 7) is 0. The van der Waals surface area contributed by atoms with Gasteiger partial charge >= 0.3 is 7.12 Å². The summed E-state index contributed by atoms with van der Waals surface area (Å²) < 4.78 is 9.33. The van der Waals surface area contributed by atoms with E-state index in [1.54, 1.807) is 24.3 Å². The third-order valence-corrected chi connectivity index (χ3v) is 28.3. The molecule has 0 unspecified atom stereocenters. The fraction of sp³-hybridized carbons (Fsp3) is 0. The van der Waals surface area contributed by atoms with Gasteiger partial charge < -0.3 is 38.9 Å². The summed E-state index contributed by atoms with van der Waals surface area (Å²) in [7, 11) is -1.41. The third-order valence-electron chi connectivity index (χ3n) is 26.5. The van der Waals surface area contributed by atoms with E-state index in [9.17, 15) is 0 Å². The molecule has 0 aliphatic heterocycles. The summed E-state index contributed by atoms with van der Waals surface area (Å²) >= 11 is 25.1. The van der Waals surface area contributed by atoms with Crippen molar-refractivity contribution in [1.82, 2.24) is 13.7 Å². The Morgan fingerprint density at radius 3 is 0.692 bits per heavy atom. The van der Waals surface area contributed by atoms with Crippen molar-refractivity contribution in [3.63, 3.8) is 0 Å². The molecule has 0 saturated heterocycles. The lowest BCUT2D eigenvalue weighted by atomic mass is 9.81. The summed E-state index contributed by atoms with van der Waals surface area (Å²) in [6, 6.07) is 189. The van der Waals surface area contributed by atoms with Crippen molar-refractivity contribution in [1.29, 1.82) is 0 Å². The molecule has 0 bridgehead atoms. The van der Waals surface area contributed by atoms with Gasteiger partial charge in [-0.25, -0.2) is 0 Å². The Labute approximate surface area is 879 Å². The maximum Gasteiger partial charge on any atom is 0.488 e. The number of nitrogens with one attached hydrogen (secondary N) is 1. The van der Waals surface area contributed by atoms with Gasteiger partial charge in [-0.15, -0.1) is 0 Å². The highest BCUT2D eigenvalue weighted by Gasteiger charge is 2.23. The van der Waals surface area contributed by atoms with E-state index in [-0.39, 0.29) is 0 Å². The minimum atomic E-state index is -1.41. The lowest BCUT2D eigenvalue weighted by Gasteiger charge is -2.25. The van der Waals surface area contributed by atoms with Crippen LogP contribution in [0, 0.1) is 0 Å². The van der Waals surface area contributed by atoms with Gasteiger partial charge in [0.05, 0.1) is 33.1 Å². The van der Waals surface area contributed by atoms with E-state index in [0.29, 0.717) is 10.5 Å². The second-order valence-electron chi connectivity index (χ2n) is 35.8. The van der Waals surface area contributed by atoms with Crippen LogP contribution < -0.4 is 20.6 Å². The van der Waals surface area contributed by atoms with Crippen LogP contribution in [0.5, 0.6) is 0 Å². The SMILES string of the molecule is Brc1ccc2c(c1)c1cc(Br)ccc1n2-c1ccc2ccccc2c1.Clc1ccc(-c2ccc3c(c2)c2cc(-c4ccc(Cl)cc4)ccc2n3-c2ccc3ccccc3c2)cc1.OB(O)c1ccc(Cl)cc1.c1ccc(N(c2ccccc2)c2ccc(-c3ccc4c(c3)c3cc(-c5ccc(N(c6ccccc6)c6ccccc6)cc5)ccc3n4-c3ccc4ccccc4c3)cc2)cc1.c1ccc(Nc2ccccc2)cc1. The molecule has 3 heterocycles. The zero-order valence-corrected chi connectivity index (χ0v) is 84.4. The molecule has 0 radical (unpaired) electrons. The number of hydrogen-bond acceptors (Lipinski definition) is 5. The zero-order chi connectivity index (χ0) is 98.9. The van der Waals surface area contributed by atoms with Gasteiger partial charge in [-0.05, 0) is 337 Å². The van der Waals surface area contributed by atoms with Crippen molar-refractivity contribution in [3.8, 4) is 61.6 Å². The molecule has 0 spiro atoms. The van der Waals surface area contributed by atoms with E-state index in [1.807, 2.05) is 84.9 Å². The topological polar surface area (TPSA) is 73.8 Å². The molecule has 3 aromatic heterocycles. The fourth-order valence-corrected chi connectivity index (χ4v) is 20.6. The normalized spacial score (nSPS) is 11.1. The summed E-state index contributed by atoms with van der Waals surface area (Å²) in [5.74, 6) is 0. The Morgan fingerprint density at radius 1 is 0.199 bits per heavy atom. The van der Waals surface area contributed by atoms with Crippen LogP contribution in [0.25, 0.3) is 159 Å². The molecule has 0 aliphatic carbocycles. The monoisotopic (exact) mass is 2070 g/mol. The predicted octanol–water partition coefficient (Wildman–Crippen LogP) is 37.7. The van der Waals surface area contributed by atoms with Crippen LogP contribution in [-0.2, 0) is 0 Å². The van der Waals surface area contributed by atoms with Gasteiger partial charge in [0.15, 0.2) is 0 Å². The van der Waals surface area contributed by atoms with Crippen LogP contribution in [0.1, 0.15) is 0 Å². The van der Waals surface area contributed by atoms with Crippen molar-refractivity contribution in [3.05, 3.63) is 564 Å². The number of nitrogens with zero attached hydrogens (tertiary/aromatic N) is 5. The molecule has 0 saturated carbocycles. The minimum Gasteiger partial charge on any atom is -0.423 e. The van der Waals surface area contributed by atoms with Gasteiger partial charge in [-0.1, -0.05) is 352 Å². The standard InChI is InChI=1S/C58H41N3.C34H21Cl2N.C22H13Br2N.C12H11N.C6H6BClO2/c1-5-17-48(18-6-1)59(49-19-7-2-8-20-49)52-32-25-43(26-33-52)46-30-37-57-55(40-46)56-41-47(31-38-58(56)61(57)54-36-29-42-15-13-14-16-45(42)39-54)44-27-34-53(35-28-44)60(50-21-9-3-10-22-50)51-23-11-4-12-24-51;35-28-12-5-23(6-13-28)26-10-17-33-31(20-26)32-21-27(24-7-14-29(36)15-8-24)11-18-34(32)37(33)30-16-9-22-3-1-2-4-25(22)19-30;23-16-6-9-21-19(12-16)20-13-17(24)7-10-22(20)25(21)18-8-5-14-3-1-2-4-15(14)11-18;1-3-7-11(8-4-1)13-12-9-5-2-6-10-12;8-6-3-1-5(2-4-6)7(9)10/h1-41H;1-21H;1-13H;1-10,13H;1-4,9-10H. The summed E-state index contributed by atoms with van der Waals surface area (Å²) in [5, 5.41) is 37.4. The highest BCUT2D eigenvalue weighted by molar-refractivity contribution is 9.10. The molecule has 0 atom stereocenters. The summed E-state index contributed by atoms with van der Waals surface area (Å²) in [5.41, 5.74) is 29.4. The van der Waals surface area contributed by atoms with Gasteiger partial charge in [0.1, 0.15) is 0 Å². The van der Waals surface area contributed by atoms with Crippen LogP contribution in [-0.4, -0.2) is 30.9 Å². The Kier molecular flexibility index (Phi) is 27.8. The van der Waals surface area contributed by atoms with Crippen molar-refractivity contribution >= 4 is 222 Å². The number of halogens is 5. The molecule has 0 amide bonds. The van der Waals surface area contributed by atoms with E-state index in [0.717, 1.165) is 87.0 Å². The van der Waals surface area contributed by atoms with Crippen molar-refractivity contribution in [2.45, 2.75) is 0 Å². The Hall–Kier alpha value is -16.5. The third kappa shape index (κ3) is 20.5. The Morgan fingerprint density at radius 2 is 0.418 bits per heavy atom. The first-order valence-electron chi connectivity index (χ1n) is 48.3. The van der Waals surface area contributed by atoms with E-state index < -0.39 is 7.12 Å². The molecule has 26 rings (SSSR count). The molecule has 0 fully saturated rings. The van der Waals surface area contributed by atoms with Crippen LogP contribution in [0.2, 0.25) is 15.1 Å². The number of fused-ring (bicyclic) bond motifs is 12. The molecule has 700 valence electrons. The first kappa shape index (κ1) is 94.4. The van der Waals surface area contributed by atoms with Gasteiger partial charge in [-0.3, -0.25) is 0 Å². The van der Waals surface area contributed by atoms with E-state index in [1.165, 1.54) is 137 Å². The maximum atomic E-state index is 8.63. The van der Waals surface area contributed by atoms with Crippen LogP contribution in [0.4, 0.5) is 45.5 Å². The fourth-order valence-electron chi connectivity index (χ4n) is 19.5. The lowest BCUT2D eigenvalue weighted by molar-refractivity contribution is 0.426. The molecule has 146 heavy (non-hydrogen) atoms. The van der Waals surface area contributed by atoms with E-state index >= 15 is 0 Å². The summed E-state index contributed by atoms with van der Waals surface area (Å²) in [6.07, 6.45) is 0. The molecular formula is C132H92BBr2Cl3N6O2. The molecule has 14 heteroatoms. The largest absolute Gasteiger partial charge is 0.488 e. The zero-order valence-electron chi connectivity index (χ0n) is 79.0. The van der Waals surface area contributed by atoms with Crippen molar-refractivity contribution in [2.24, 2.45) is 0 Å². The van der Waals surface area contributed by atoms with E-state index in [2.05, 4.69) is 491 Å².